The number of primary amides is 1. The number of nitrogens with two attached hydrogens (primary N) is 1. The van der Waals surface area contributed by atoms with Crippen LogP contribution in [0.15, 0.2) is 42.5 Å². The molecule has 21 heavy (non-hydrogen) atoms. The molecule has 2 rings (SSSR count). The summed E-state index contributed by atoms with van der Waals surface area (Å²) in [5, 5.41) is 3.40. The maximum atomic E-state index is 13.0. The van der Waals surface area contributed by atoms with Crippen LogP contribution in [0.1, 0.15) is 40.9 Å². The third kappa shape index (κ3) is 3.40. The standard InChI is InChI=1S/C17H19FN2O/c1-3-15(12-7-9-13(18)10-8-12)20-16-6-4-5-14(11(16)2)17(19)21/h4-10,15,20H,3H2,1-2H3,(H2,19,21). The van der Waals surface area contributed by atoms with Gasteiger partial charge in [0.2, 0.25) is 5.91 Å². The fraction of sp³-hybridized carbons (Fsp3) is 0.235. The highest BCUT2D eigenvalue weighted by Gasteiger charge is 2.13. The quantitative estimate of drug-likeness (QED) is 0.878. The first-order chi connectivity index (χ1) is 10.0. The second-order valence-corrected chi connectivity index (χ2v) is 5.00. The molecule has 3 N–H and O–H groups in total. The highest BCUT2D eigenvalue weighted by molar-refractivity contribution is 5.95. The predicted molar refractivity (Wildman–Crippen MR) is 82.8 cm³/mol. The molecule has 4 heteroatoms. The van der Waals surface area contributed by atoms with Crippen LogP contribution in [-0.2, 0) is 0 Å². The minimum atomic E-state index is -0.439. The van der Waals surface area contributed by atoms with Gasteiger partial charge in [-0.25, -0.2) is 4.39 Å². The molecule has 3 nitrogen and oxygen atoms in total. The summed E-state index contributed by atoms with van der Waals surface area (Å²) in [6.07, 6.45) is 0.839. The van der Waals surface area contributed by atoms with Crippen molar-refractivity contribution in [2.24, 2.45) is 5.73 Å². The molecular formula is C17H19FN2O. The Morgan fingerprint density at radius 1 is 1.24 bits per heavy atom. The molecule has 0 bridgehead atoms. The number of rotatable bonds is 5. The van der Waals surface area contributed by atoms with Gasteiger partial charge in [0.25, 0.3) is 0 Å². The van der Waals surface area contributed by atoms with Crippen molar-refractivity contribution >= 4 is 11.6 Å². The van der Waals surface area contributed by atoms with Crippen molar-refractivity contribution in [1.29, 1.82) is 0 Å². The maximum absolute atomic E-state index is 13.0. The molecule has 0 aromatic heterocycles. The zero-order chi connectivity index (χ0) is 15.4. The molecular weight excluding hydrogens is 267 g/mol. The van der Waals surface area contributed by atoms with E-state index in [1.54, 1.807) is 24.3 Å². The molecule has 1 atom stereocenters. The molecule has 0 aliphatic carbocycles. The first-order valence-electron chi connectivity index (χ1n) is 6.94. The molecule has 0 aliphatic rings. The molecule has 110 valence electrons. The van der Waals surface area contributed by atoms with Gasteiger partial charge in [0.1, 0.15) is 5.82 Å². The fourth-order valence-corrected chi connectivity index (χ4v) is 2.36. The molecule has 0 aliphatic heterocycles. The van der Waals surface area contributed by atoms with Gasteiger partial charge in [-0.2, -0.15) is 0 Å². The number of hydrogen-bond donors (Lipinski definition) is 2. The molecule has 0 saturated carbocycles. The third-order valence-corrected chi connectivity index (χ3v) is 3.61. The second kappa shape index (κ2) is 6.39. The van der Waals surface area contributed by atoms with E-state index < -0.39 is 5.91 Å². The summed E-state index contributed by atoms with van der Waals surface area (Å²) < 4.78 is 13.0. The number of anilines is 1. The van der Waals surface area contributed by atoms with Crippen molar-refractivity contribution in [2.45, 2.75) is 26.3 Å². The summed E-state index contributed by atoms with van der Waals surface area (Å²) in [4.78, 5) is 11.4. The lowest BCUT2D eigenvalue weighted by Gasteiger charge is -2.21. The Bertz CT molecular complexity index is 638. The van der Waals surface area contributed by atoms with Crippen LogP contribution in [0.25, 0.3) is 0 Å². The molecule has 0 spiro atoms. The van der Waals surface area contributed by atoms with Crippen molar-refractivity contribution in [3.8, 4) is 0 Å². The van der Waals surface area contributed by atoms with E-state index in [2.05, 4.69) is 5.32 Å². The lowest BCUT2D eigenvalue weighted by atomic mass is 10.0. The second-order valence-electron chi connectivity index (χ2n) is 5.00. The highest BCUT2D eigenvalue weighted by atomic mass is 19.1. The Balaban J connectivity index is 2.29. The van der Waals surface area contributed by atoms with Crippen LogP contribution < -0.4 is 11.1 Å². The number of amides is 1. The van der Waals surface area contributed by atoms with Crippen molar-refractivity contribution in [3.05, 3.63) is 65.0 Å². The van der Waals surface area contributed by atoms with Crippen LogP contribution in [-0.4, -0.2) is 5.91 Å². The van der Waals surface area contributed by atoms with Gasteiger partial charge in [-0.3, -0.25) is 4.79 Å². The zero-order valence-electron chi connectivity index (χ0n) is 12.2. The average molecular weight is 286 g/mol. The molecule has 1 amide bonds. The van der Waals surface area contributed by atoms with E-state index in [1.807, 2.05) is 19.9 Å². The zero-order valence-corrected chi connectivity index (χ0v) is 12.2. The summed E-state index contributed by atoms with van der Waals surface area (Å²) in [5.74, 6) is -0.688. The number of hydrogen-bond acceptors (Lipinski definition) is 2. The van der Waals surface area contributed by atoms with E-state index in [4.69, 9.17) is 5.73 Å². The maximum Gasteiger partial charge on any atom is 0.249 e. The minimum absolute atomic E-state index is 0.0485. The summed E-state index contributed by atoms with van der Waals surface area (Å²) >= 11 is 0. The van der Waals surface area contributed by atoms with Crippen LogP contribution in [0.2, 0.25) is 0 Å². The molecule has 0 radical (unpaired) electrons. The normalized spacial score (nSPS) is 12.0. The average Bonchev–Trinajstić information content (AvgIpc) is 2.47. The van der Waals surface area contributed by atoms with E-state index in [-0.39, 0.29) is 11.9 Å². The van der Waals surface area contributed by atoms with Crippen LogP contribution in [0.5, 0.6) is 0 Å². The summed E-state index contributed by atoms with van der Waals surface area (Å²) in [5.41, 5.74) is 8.57. The van der Waals surface area contributed by atoms with Crippen molar-refractivity contribution in [2.75, 3.05) is 5.32 Å². The van der Waals surface area contributed by atoms with Crippen LogP contribution in [0, 0.1) is 12.7 Å². The van der Waals surface area contributed by atoms with E-state index in [0.717, 1.165) is 23.2 Å². The Labute approximate surface area is 124 Å². The lowest BCUT2D eigenvalue weighted by molar-refractivity contribution is 0.1000. The fourth-order valence-electron chi connectivity index (χ4n) is 2.36. The number of benzene rings is 2. The highest BCUT2D eigenvalue weighted by Crippen LogP contribution is 2.26. The van der Waals surface area contributed by atoms with Crippen LogP contribution in [0.3, 0.4) is 0 Å². The summed E-state index contributed by atoms with van der Waals surface area (Å²) in [6.45, 7) is 3.91. The van der Waals surface area contributed by atoms with Crippen molar-refractivity contribution in [1.82, 2.24) is 0 Å². The van der Waals surface area contributed by atoms with Gasteiger partial charge in [-0.15, -0.1) is 0 Å². The first-order valence-corrected chi connectivity index (χ1v) is 6.94. The van der Waals surface area contributed by atoms with Gasteiger partial charge >= 0.3 is 0 Å². The van der Waals surface area contributed by atoms with Crippen molar-refractivity contribution in [3.63, 3.8) is 0 Å². The molecule has 1 unspecified atom stereocenters. The number of carbonyl (C=O) groups excluding carboxylic acids is 1. The smallest absolute Gasteiger partial charge is 0.249 e. The van der Waals surface area contributed by atoms with E-state index in [1.165, 1.54) is 12.1 Å². The van der Waals surface area contributed by atoms with Gasteiger partial charge in [0.15, 0.2) is 0 Å². The lowest BCUT2D eigenvalue weighted by Crippen LogP contribution is -2.15. The molecule has 2 aromatic rings. The molecule has 2 aromatic carbocycles. The number of carbonyl (C=O) groups is 1. The molecule has 0 heterocycles. The van der Waals surface area contributed by atoms with Crippen LogP contribution in [0.4, 0.5) is 10.1 Å². The Morgan fingerprint density at radius 3 is 2.48 bits per heavy atom. The monoisotopic (exact) mass is 286 g/mol. The van der Waals surface area contributed by atoms with Gasteiger partial charge < -0.3 is 11.1 Å². The first kappa shape index (κ1) is 15.0. The van der Waals surface area contributed by atoms with Crippen LogP contribution >= 0.6 is 0 Å². The molecule has 0 fully saturated rings. The van der Waals surface area contributed by atoms with Gasteiger partial charge in [-0.1, -0.05) is 25.1 Å². The number of nitrogens with one attached hydrogen (secondary N) is 1. The summed E-state index contributed by atoms with van der Waals surface area (Å²) in [7, 11) is 0. The molecule has 0 saturated heterocycles. The Hall–Kier alpha value is -2.36. The number of halogens is 1. The SMILES string of the molecule is CCC(Nc1cccc(C(N)=O)c1C)c1ccc(F)cc1. The van der Waals surface area contributed by atoms with Crippen molar-refractivity contribution < 1.29 is 9.18 Å². The van der Waals surface area contributed by atoms with E-state index >= 15 is 0 Å². The Kier molecular flexibility index (Phi) is 4.58. The summed E-state index contributed by atoms with van der Waals surface area (Å²) in [6, 6.07) is 11.9. The van der Waals surface area contributed by atoms with Gasteiger partial charge in [0.05, 0.1) is 6.04 Å². The van der Waals surface area contributed by atoms with Gasteiger partial charge in [0, 0.05) is 11.3 Å². The third-order valence-electron chi connectivity index (χ3n) is 3.61. The topological polar surface area (TPSA) is 55.1 Å². The van der Waals surface area contributed by atoms with E-state index in [0.29, 0.717) is 5.56 Å². The predicted octanol–water partition coefficient (Wildman–Crippen LogP) is 3.80. The Morgan fingerprint density at radius 2 is 1.90 bits per heavy atom. The largest absolute Gasteiger partial charge is 0.378 e. The van der Waals surface area contributed by atoms with Gasteiger partial charge in [-0.05, 0) is 48.7 Å². The minimum Gasteiger partial charge on any atom is -0.378 e. The van der Waals surface area contributed by atoms with E-state index in [9.17, 15) is 9.18 Å².